The largest absolute Gasteiger partial charge is 0.381 e. The van der Waals surface area contributed by atoms with Crippen molar-refractivity contribution < 1.29 is 5.11 Å². The molecule has 0 saturated carbocycles. The standard InChI is InChI=1S/C12H13BO/c13-11-6-4-10(5-7-11)12(14)8-2-1-3-9-12/h2,4-8,14H,1,3,9H2. The maximum atomic E-state index is 10.3. The number of allylic oxidation sites excluding steroid dienone is 1. The molecule has 2 rings (SSSR count). The molecule has 0 spiro atoms. The van der Waals surface area contributed by atoms with E-state index in [0.717, 1.165) is 30.3 Å². The molecule has 2 radical (unpaired) electrons. The van der Waals surface area contributed by atoms with Crippen LogP contribution in [0.15, 0.2) is 36.4 Å². The van der Waals surface area contributed by atoms with E-state index < -0.39 is 5.60 Å². The van der Waals surface area contributed by atoms with Crippen molar-refractivity contribution in [3.8, 4) is 0 Å². The molecule has 1 atom stereocenters. The van der Waals surface area contributed by atoms with Crippen LogP contribution in [0.2, 0.25) is 0 Å². The van der Waals surface area contributed by atoms with Crippen molar-refractivity contribution in [3.63, 3.8) is 0 Å². The Labute approximate surface area is 85.9 Å². The van der Waals surface area contributed by atoms with Gasteiger partial charge in [-0.3, -0.25) is 0 Å². The van der Waals surface area contributed by atoms with Gasteiger partial charge in [-0.05, 0) is 24.8 Å². The van der Waals surface area contributed by atoms with Gasteiger partial charge in [0.05, 0.1) is 0 Å². The lowest BCUT2D eigenvalue weighted by atomic mass is 9.83. The van der Waals surface area contributed by atoms with Crippen LogP contribution in [0.25, 0.3) is 0 Å². The molecule has 14 heavy (non-hydrogen) atoms. The Morgan fingerprint density at radius 3 is 2.50 bits per heavy atom. The topological polar surface area (TPSA) is 20.2 Å². The summed E-state index contributed by atoms with van der Waals surface area (Å²) >= 11 is 0. The lowest BCUT2D eigenvalue weighted by Gasteiger charge is -2.28. The van der Waals surface area contributed by atoms with Crippen LogP contribution in [0.4, 0.5) is 0 Å². The first-order chi connectivity index (χ1) is 6.71. The van der Waals surface area contributed by atoms with E-state index in [4.69, 9.17) is 7.85 Å². The average Bonchev–Trinajstić information content (AvgIpc) is 2.19. The molecule has 1 unspecified atom stereocenters. The zero-order valence-electron chi connectivity index (χ0n) is 8.11. The van der Waals surface area contributed by atoms with E-state index in [1.165, 1.54) is 0 Å². The maximum absolute atomic E-state index is 10.3. The highest BCUT2D eigenvalue weighted by molar-refractivity contribution is 6.32. The van der Waals surface area contributed by atoms with Crippen molar-refractivity contribution >= 4 is 13.3 Å². The van der Waals surface area contributed by atoms with Crippen LogP contribution >= 0.6 is 0 Å². The Morgan fingerprint density at radius 1 is 1.21 bits per heavy atom. The van der Waals surface area contributed by atoms with Gasteiger partial charge in [-0.25, -0.2) is 0 Å². The van der Waals surface area contributed by atoms with E-state index in [9.17, 15) is 5.11 Å². The predicted molar refractivity (Wildman–Crippen MR) is 58.7 cm³/mol. The summed E-state index contributed by atoms with van der Waals surface area (Å²) in [5.41, 5.74) is 0.895. The SMILES string of the molecule is [B]c1ccc(C2(O)C=CCCC2)cc1. The van der Waals surface area contributed by atoms with Gasteiger partial charge in [0.1, 0.15) is 13.4 Å². The molecule has 1 aliphatic rings. The summed E-state index contributed by atoms with van der Waals surface area (Å²) in [6.07, 6.45) is 6.84. The number of rotatable bonds is 1. The molecule has 0 saturated heterocycles. The molecule has 1 aliphatic carbocycles. The highest BCUT2D eigenvalue weighted by Gasteiger charge is 2.26. The number of hydrogen-bond donors (Lipinski definition) is 1. The van der Waals surface area contributed by atoms with Crippen LogP contribution in [0.3, 0.4) is 0 Å². The van der Waals surface area contributed by atoms with Gasteiger partial charge in [0.15, 0.2) is 0 Å². The van der Waals surface area contributed by atoms with E-state index in [0.29, 0.717) is 0 Å². The average molecular weight is 184 g/mol. The van der Waals surface area contributed by atoms with Crippen LogP contribution < -0.4 is 5.46 Å². The van der Waals surface area contributed by atoms with Crippen LogP contribution in [0, 0.1) is 0 Å². The van der Waals surface area contributed by atoms with E-state index in [1.807, 2.05) is 36.4 Å². The third-order valence-corrected chi connectivity index (χ3v) is 2.73. The minimum Gasteiger partial charge on any atom is -0.381 e. The molecule has 70 valence electrons. The molecular weight excluding hydrogens is 171 g/mol. The fourth-order valence-electron chi connectivity index (χ4n) is 1.86. The number of benzene rings is 1. The molecule has 0 amide bonds. The Bertz CT molecular complexity index is 342. The summed E-state index contributed by atoms with van der Waals surface area (Å²) in [6.45, 7) is 0. The number of hydrogen-bond acceptors (Lipinski definition) is 1. The first kappa shape index (κ1) is 9.54. The van der Waals surface area contributed by atoms with Crippen molar-refractivity contribution in [1.29, 1.82) is 0 Å². The van der Waals surface area contributed by atoms with Crippen LogP contribution in [-0.2, 0) is 5.60 Å². The summed E-state index contributed by atoms with van der Waals surface area (Å²) in [7, 11) is 5.60. The quantitative estimate of drug-likeness (QED) is 0.516. The third kappa shape index (κ3) is 1.75. The number of aliphatic hydroxyl groups is 1. The molecule has 0 bridgehead atoms. The minimum atomic E-state index is -0.772. The summed E-state index contributed by atoms with van der Waals surface area (Å²) < 4.78 is 0. The fourth-order valence-corrected chi connectivity index (χ4v) is 1.86. The molecular formula is C12H13BO. The summed E-state index contributed by atoms with van der Waals surface area (Å²) in [5, 5.41) is 10.3. The van der Waals surface area contributed by atoms with E-state index in [2.05, 4.69) is 0 Å². The van der Waals surface area contributed by atoms with E-state index in [1.54, 1.807) is 0 Å². The molecule has 0 heterocycles. The van der Waals surface area contributed by atoms with Gasteiger partial charge < -0.3 is 5.11 Å². The van der Waals surface area contributed by atoms with Crippen LogP contribution in [-0.4, -0.2) is 13.0 Å². The zero-order valence-corrected chi connectivity index (χ0v) is 8.11. The molecule has 2 heteroatoms. The Kier molecular flexibility index (Phi) is 2.47. The predicted octanol–water partition coefficient (Wildman–Crippen LogP) is 1.41. The van der Waals surface area contributed by atoms with Gasteiger partial charge in [-0.15, -0.1) is 0 Å². The van der Waals surface area contributed by atoms with Crippen molar-refractivity contribution in [2.75, 3.05) is 0 Å². The highest BCUT2D eigenvalue weighted by atomic mass is 16.3. The summed E-state index contributed by atoms with van der Waals surface area (Å²) in [6, 6.07) is 7.45. The zero-order chi connectivity index (χ0) is 10.0. The van der Waals surface area contributed by atoms with Gasteiger partial charge in [0.25, 0.3) is 0 Å². The molecule has 0 aliphatic heterocycles. The van der Waals surface area contributed by atoms with Gasteiger partial charge in [-0.2, -0.15) is 0 Å². The van der Waals surface area contributed by atoms with Gasteiger partial charge in [-0.1, -0.05) is 41.9 Å². The molecule has 0 aromatic heterocycles. The molecule has 0 fully saturated rings. The second-order valence-electron chi connectivity index (χ2n) is 3.84. The van der Waals surface area contributed by atoms with Crippen LogP contribution in [0.5, 0.6) is 0 Å². The first-order valence-corrected chi connectivity index (χ1v) is 4.97. The molecule has 1 aromatic carbocycles. The van der Waals surface area contributed by atoms with Gasteiger partial charge >= 0.3 is 0 Å². The molecule has 1 N–H and O–H groups in total. The fraction of sp³-hybridized carbons (Fsp3) is 0.333. The highest BCUT2D eigenvalue weighted by Crippen LogP contribution is 2.31. The van der Waals surface area contributed by atoms with Crippen molar-refractivity contribution in [2.24, 2.45) is 0 Å². The third-order valence-electron chi connectivity index (χ3n) is 2.73. The Morgan fingerprint density at radius 2 is 1.93 bits per heavy atom. The lowest BCUT2D eigenvalue weighted by molar-refractivity contribution is 0.0726. The second kappa shape index (κ2) is 3.62. The van der Waals surface area contributed by atoms with Gasteiger partial charge in [0, 0.05) is 0 Å². The summed E-state index contributed by atoms with van der Waals surface area (Å²) in [4.78, 5) is 0. The monoisotopic (exact) mass is 184 g/mol. The van der Waals surface area contributed by atoms with Gasteiger partial charge in [0.2, 0.25) is 0 Å². The normalized spacial score (nSPS) is 26.4. The summed E-state index contributed by atoms with van der Waals surface area (Å²) in [5.74, 6) is 0. The van der Waals surface area contributed by atoms with Crippen molar-refractivity contribution in [2.45, 2.75) is 24.9 Å². The maximum Gasteiger partial charge on any atom is 0.113 e. The Hall–Kier alpha value is -1.02. The van der Waals surface area contributed by atoms with E-state index in [-0.39, 0.29) is 0 Å². The second-order valence-corrected chi connectivity index (χ2v) is 3.84. The Balaban J connectivity index is 2.33. The molecule has 1 nitrogen and oxygen atoms in total. The lowest BCUT2D eigenvalue weighted by Crippen LogP contribution is -2.25. The van der Waals surface area contributed by atoms with Crippen molar-refractivity contribution in [3.05, 3.63) is 42.0 Å². The molecule has 1 aromatic rings. The van der Waals surface area contributed by atoms with E-state index >= 15 is 0 Å². The smallest absolute Gasteiger partial charge is 0.113 e. The minimum absolute atomic E-state index is 0.733. The first-order valence-electron chi connectivity index (χ1n) is 4.97. The van der Waals surface area contributed by atoms with Crippen LogP contribution in [0.1, 0.15) is 24.8 Å². The van der Waals surface area contributed by atoms with Crippen molar-refractivity contribution in [1.82, 2.24) is 0 Å².